The average Bonchev–Trinajstić information content (AvgIpc) is 3.16. The molecule has 5 heteroatoms. The molecule has 148 valence electrons. The third-order valence-electron chi connectivity index (χ3n) is 5.47. The van der Waals surface area contributed by atoms with Gasteiger partial charge in [-0.3, -0.25) is 9.69 Å². The molecular formula is C23H28N2O3. The van der Waals surface area contributed by atoms with Crippen molar-refractivity contribution in [2.75, 3.05) is 31.2 Å². The van der Waals surface area contributed by atoms with Gasteiger partial charge in [-0.15, -0.1) is 0 Å². The average molecular weight is 380 g/mol. The quantitative estimate of drug-likeness (QED) is 0.785. The number of carbonyl (C=O) groups excluding carboxylic acids is 1. The van der Waals surface area contributed by atoms with Gasteiger partial charge in [-0.25, -0.2) is 0 Å². The molecule has 1 saturated heterocycles. The molecule has 2 heterocycles. The minimum Gasteiger partial charge on any atom is -0.486 e. The van der Waals surface area contributed by atoms with E-state index in [1.165, 1.54) is 5.56 Å². The summed E-state index contributed by atoms with van der Waals surface area (Å²) >= 11 is 0. The fourth-order valence-corrected chi connectivity index (χ4v) is 4.23. The van der Waals surface area contributed by atoms with Gasteiger partial charge in [0.05, 0.1) is 6.54 Å². The number of ether oxygens (including phenoxy) is 2. The van der Waals surface area contributed by atoms with E-state index < -0.39 is 0 Å². The molecule has 0 aromatic heterocycles. The number of carbonyl (C=O) groups is 1. The Kier molecular flexibility index (Phi) is 5.53. The lowest BCUT2D eigenvalue weighted by Gasteiger charge is -2.31. The fraction of sp³-hybridized carbons (Fsp3) is 0.435. The molecule has 0 N–H and O–H groups in total. The standard InChI is InChI=1S/C23H28N2O3/c1-17(2)25(19-7-4-3-5-8-19)23(26)16-24-12-6-9-20(24)18-10-11-21-22(15-18)28-14-13-27-21/h3-5,7-8,10-11,15,17,20H,6,9,12-14,16H2,1-2H3. The van der Waals surface area contributed by atoms with Crippen molar-refractivity contribution in [2.45, 2.75) is 38.8 Å². The van der Waals surface area contributed by atoms with Crippen molar-refractivity contribution in [1.82, 2.24) is 4.90 Å². The summed E-state index contributed by atoms with van der Waals surface area (Å²) in [6, 6.07) is 16.5. The first kappa shape index (κ1) is 18.8. The van der Waals surface area contributed by atoms with E-state index in [-0.39, 0.29) is 18.0 Å². The molecule has 2 aromatic rings. The predicted molar refractivity (Wildman–Crippen MR) is 110 cm³/mol. The van der Waals surface area contributed by atoms with Gasteiger partial charge in [-0.2, -0.15) is 0 Å². The molecule has 2 aliphatic rings. The number of amides is 1. The van der Waals surface area contributed by atoms with Gasteiger partial charge >= 0.3 is 0 Å². The van der Waals surface area contributed by atoms with Crippen LogP contribution in [0, 0.1) is 0 Å². The van der Waals surface area contributed by atoms with Crippen molar-refractivity contribution >= 4 is 11.6 Å². The minimum atomic E-state index is 0.116. The zero-order valence-corrected chi connectivity index (χ0v) is 16.6. The molecule has 1 unspecified atom stereocenters. The van der Waals surface area contributed by atoms with Gasteiger partial charge < -0.3 is 14.4 Å². The zero-order chi connectivity index (χ0) is 19.5. The maximum Gasteiger partial charge on any atom is 0.241 e. The highest BCUT2D eigenvalue weighted by molar-refractivity contribution is 5.95. The van der Waals surface area contributed by atoms with Crippen LogP contribution in [0.3, 0.4) is 0 Å². The van der Waals surface area contributed by atoms with Crippen molar-refractivity contribution in [3.05, 3.63) is 54.1 Å². The van der Waals surface area contributed by atoms with Crippen LogP contribution in [0.1, 0.15) is 38.3 Å². The molecular weight excluding hydrogens is 352 g/mol. The lowest BCUT2D eigenvalue weighted by Crippen LogP contribution is -2.43. The summed E-state index contributed by atoms with van der Waals surface area (Å²) in [5.41, 5.74) is 2.16. The lowest BCUT2D eigenvalue weighted by atomic mass is 10.0. The van der Waals surface area contributed by atoms with Crippen LogP contribution in [0.25, 0.3) is 0 Å². The van der Waals surface area contributed by atoms with Crippen molar-refractivity contribution in [3.63, 3.8) is 0 Å². The molecule has 1 amide bonds. The second kappa shape index (κ2) is 8.23. The summed E-state index contributed by atoms with van der Waals surface area (Å²) in [6.45, 7) is 6.67. The molecule has 2 aromatic carbocycles. The van der Waals surface area contributed by atoms with Crippen LogP contribution in [0.4, 0.5) is 5.69 Å². The molecule has 0 aliphatic carbocycles. The van der Waals surface area contributed by atoms with E-state index >= 15 is 0 Å². The molecule has 0 bridgehead atoms. The molecule has 2 aliphatic heterocycles. The van der Waals surface area contributed by atoms with E-state index in [4.69, 9.17) is 9.47 Å². The second-order valence-corrected chi connectivity index (χ2v) is 7.72. The highest BCUT2D eigenvalue weighted by atomic mass is 16.6. The maximum absolute atomic E-state index is 13.2. The summed E-state index contributed by atoms with van der Waals surface area (Å²) in [7, 11) is 0. The molecule has 1 fully saturated rings. The van der Waals surface area contributed by atoms with Crippen LogP contribution < -0.4 is 14.4 Å². The Bertz CT molecular complexity index is 822. The van der Waals surface area contributed by atoms with E-state index in [1.807, 2.05) is 41.3 Å². The zero-order valence-electron chi connectivity index (χ0n) is 16.6. The summed E-state index contributed by atoms with van der Waals surface area (Å²) in [6.07, 6.45) is 2.15. The number of benzene rings is 2. The third-order valence-corrected chi connectivity index (χ3v) is 5.47. The van der Waals surface area contributed by atoms with Crippen LogP contribution >= 0.6 is 0 Å². The number of hydrogen-bond acceptors (Lipinski definition) is 4. The Morgan fingerprint density at radius 1 is 1.11 bits per heavy atom. The number of anilines is 1. The third kappa shape index (κ3) is 3.85. The van der Waals surface area contributed by atoms with E-state index in [0.717, 1.165) is 36.6 Å². The highest BCUT2D eigenvalue weighted by Gasteiger charge is 2.31. The minimum absolute atomic E-state index is 0.116. The van der Waals surface area contributed by atoms with E-state index in [0.29, 0.717) is 19.8 Å². The Balaban J connectivity index is 1.51. The number of rotatable bonds is 5. The van der Waals surface area contributed by atoms with Crippen LogP contribution in [-0.2, 0) is 4.79 Å². The number of para-hydroxylation sites is 1. The molecule has 4 rings (SSSR count). The number of hydrogen-bond donors (Lipinski definition) is 0. The van der Waals surface area contributed by atoms with Gasteiger partial charge in [0.1, 0.15) is 13.2 Å². The SMILES string of the molecule is CC(C)N(C(=O)CN1CCCC1c1ccc2c(c1)OCCO2)c1ccccc1. The normalized spacial score (nSPS) is 19.0. The van der Waals surface area contributed by atoms with E-state index in [2.05, 4.69) is 30.9 Å². The molecule has 0 saturated carbocycles. The van der Waals surface area contributed by atoms with Crippen molar-refractivity contribution in [3.8, 4) is 11.5 Å². The maximum atomic E-state index is 13.2. The molecule has 5 nitrogen and oxygen atoms in total. The van der Waals surface area contributed by atoms with Crippen molar-refractivity contribution in [2.24, 2.45) is 0 Å². The Labute approximate surface area is 166 Å². The first-order valence-electron chi connectivity index (χ1n) is 10.1. The lowest BCUT2D eigenvalue weighted by molar-refractivity contribution is -0.120. The van der Waals surface area contributed by atoms with Gasteiger partial charge in [0.2, 0.25) is 5.91 Å². The summed E-state index contributed by atoms with van der Waals surface area (Å²) in [4.78, 5) is 17.4. The highest BCUT2D eigenvalue weighted by Crippen LogP contribution is 2.38. The first-order valence-corrected chi connectivity index (χ1v) is 10.1. The first-order chi connectivity index (χ1) is 13.6. The number of nitrogens with zero attached hydrogens (tertiary/aromatic N) is 2. The molecule has 28 heavy (non-hydrogen) atoms. The fourth-order valence-electron chi connectivity index (χ4n) is 4.23. The summed E-state index contributed by atoms with van der Waals surface area (Å²) in [5.74, 6) is 1.77. The van der Waals surface area contributed by atoms with Crippen molar-refractivity contribution < 1.29 is 14.3 Å². The van der Waals surface area contributed by atoms with Gasteiger partial charge in [0, 0.05) is 17.8 Å². The van der Waals surface area contributed by atoms with Crippen LogP contribution in [0.2, 0.25) is 0 Å². The molecule has 0 radical (unpaired) electrons. The largest absolute Gasteiger partial charge is 0.486 e. The van der Waals surface area contributed by atoms with Crippen LogP contribution in [0.15, 0.2) is 48.5 Å². The van der Waals surface area contributed by atoms with Crippen LogP contribution in [-0.4, -0.2) is 43.2 Å². The molecule has 1 atom stereocenters. The topological polar surface area (TPSA) is 42.0 Å². The summed E-state index contributed by atoms with van der Waals surface area (Å²) in [5, 5.41) is 0. The van der Waals surface area contributed by atoms with Gasteiger partial charge in [0.15, 0.2) is 11.5 Å². The predicted octanol–water partition coefficient (Wildman–Crippen LogP) is 4.04. The van der Waals surface area contributed by atoms with E-state index in [9.17, 15) is 4.79 Å². The van der Waals surface area contributed by atoms with Crippen LogP contribution in [0.5, 0.6) is 11.5 Å². The van der Waals surface area contributed by atoms with Gasteiger partial charge in [-0.1, -0.05) is 24.3 Å². The van der Waals surface area contributed by atoms with Gasteiger partial charge in [-0.05, 0) is 63.1 Å². The van der Waals surface area contributed by atoms with E-state index in [1.54, 1.807) is 0 Å². The summed E-state index contributed by atoms with van der Waals surface area (Å²) < 4.78 is 11.4. The number of fused-ring (bicyclic) bond motifs is 1. The molecule has 0 spiro atoms. The van der Waals surface area contributed by atoms with Crippen molar-refractivity contribution in [1.29, 1.82) is 0 Å². The number of likely N-dealkylation sites (tertiary alicyclic amines) is 1. The Hall–Kier alpha value is -2.53. The monoisotopic (exact) mass is 380 g/mol. The smallest absolute Gasteiger partial charge is 0.241 e. The second-order valence-electron chi connectivity index (χ2n) is 7.72. The Morgan fingerprint density at radius 3 is 2.61 bits per heavy atom. The Morgan fingerprint density at radius 2 is 1.86 bits per heavy atom. The van der Waals surface area contributed by atoms with Gasteiger partial charge in [0.25, 0.3) is 0 Å².